The number of hydrogen-bond acceptors (Lipinski definition) is 2. The van der Waals surface area contributed by atoms with E-state index in [1.165, 1.54) is 5.56 Å². The van der Waals surface area contributed by atoms with Crippen LogP contribution in [0.25, 0.3) is 0 Å². The van der Waals surface area contributed by atoms with Crippen molar-refractivity contribution in [2.24, 2.45) is 11.7 Å². The van der Waals surface area contributed by atoms with Gasteiger partial charge in [-0.3, -0.25) is 4.90 Å². The predicted molar refractivity (Wildman–Crippen MR) is 82.6 cm³/mol. The van der Waals surface area contributed by atoms with Crippen LogP contribution in [0.5, 0.6) is 0 Å². The zero-order valence-electron chi connectivity index (χ0n) is 11.9. The van der Waals surface area contributed by atoms with Crippen molar-refractivity contribution in [3.8, 4) is 0 Å². The van der Waals surface area contributed by atoms with Crippen LogP contribution in [-0.2, 0) is 0 Å². The highest BCUT2D eigenvalue weighted by Gasteiger charge is 2.14. The van der Waals surface area contributed by atoms with Gasteiger partial charge in [-0.25, -0.2) is 0 Å². The number of nitrogens with two attached hydrogens (primary N) is 1. The molecule has 3 heteroatoms. The molecule has 0 saturated heterocycles. The van der Waals surface area contributed by atoms with Gasteiger partial charge in [-0.15, -0.1) is 0 Å². The van der Waals surface area contributed by atoms with Crippen molar-refractivity contribution in [1.29, 1.82) is 0 Å². The maximum atomic E-state index is 6.09. The van der Waals surface area contributed by atoms with Crippen LogP contribution in [0.3, 0.4) is 0 Å². The Bertz CT molecular complexity index is 365. The first-order valence-electron chi connectivity index (χ1n) is 6.63. The quantitative estimate of drug-likeness (QED) is 0.865. The van der Waals surface area contributed by atoms with Gasteiger partial charge in [0.1, 0.15) is 0 Å². The molecule has 2 N–H and O–H groups in total. The second kappa shape index (κ2) is 7.27. The molecule has 0 amide bonds. The second-order valence-electron chi connectivity index (χ2n) is 5.41. The summed E-state index contributed by atoms with van der Waals surface area (Å²) in [4.78, 5) is 2.37. The van der Waals surface area contributed by atoms with Crippen molar-refractivity contribution in [3.05, 3.63) is 34.3 Å². The Hall–Kier alpha value is -0.380. The first-order valence-corrected chi connectivity index (χ1v) is 7.42. The van der Waals surface area contributed by atoms with Gasteiger partial charge in [-0.05, 0) is 50.6 Å². The molecule has 1 aromatic rings. The molecule has 102 valence electrons. The van der Waals surface area contributed by atoms with Gasteiger partial charge in [0.15, 0.2) is 0 Å². The first-order chi connectivity index (χ1) is 8.41. The van der Waals surface area contributed by atoms with Crippen LogP contribution in [0.2, 0.25) is 0 Å². The molecule has 0 bridgehead atoms. The summed E-state index contributed by atoms with van der Waals surface area (Å²) in [5.74, 6) is 0.555. The van der Waals surface area contributed by atoms with Crippen LogP contribution < -0.4 is 5.73 Å². The Labute approximate surface area is 120 Å². The van der Waals surface area contributed by atoms with Gasteiger partial charge in [0.2, 0.25) is 0 Å². The molecule has 0 aliphatic carbocycles. The van der Waals surface area contributed by atoms with Gasteiger partial charge >= 0.3 is 0 Å². The summed E-state index contributed by atoms with van der Waals surface area (Å²) in [5.41, 5.74) is 7.43. The summed E-state index contributed by atoms with van der Waals surface area (Å²) in [5, 5.41) is 0. The van der Waals surface area contributed by atoms with Gasteiger partial charge < -0.3 is 5.73 Å². The standard InChI is InChI=1S/C15H25BrN2/c1-11(2)15(17)8-9-18(4)12(3)13-6-5-7-14(16)10-13/h5-7,10-12,15H,8-9,17H2,1-4H3. The zero-order chi connectivity index (χ0) is 13.7. The van der Waals surface area contributed by atoms with Crippen molar-refractivity contribution < 1.29 is 0 Å². The van der Waals surface area contributed by atoms with E-state index in [9.17, 15) is 0 Å². The Kier molecular flexibility index (Phi) is 6.33. The highest BCUT2D eigenvalue weighted by Crippen LogP contribution is 2.22. The largest absolute Gasteiger partial charge is 0.327 e. The van der Waals surface area contributed by atoms with Crippen LogP contribution in [0.4, 0.5) is 0 Å². The molecule has 1 rings (SSSR count). The van der Waals surface area contributed by atoms with Gasteiger partial charge in [-0.1, -0.05) is 41.9 Å². The predicted octanol–water partition coefficient (Wildman–Crippen LogP) is 3.82. The number of rotatable bonds is 6. The number of halogens is 1. The molecule has 0 radical (unpaired) electrons. The van der Waals surface area contributed by atoms with E-state index in [1.54, 1.807) is 0 Å². The second-order valence-corrected chi connectivity index (χ2v) is 6.32. The summed E-state index contributed by atoms with van der Waals surface area (Å²) in [6.07, 6.45) is 1.05. The molecule has 2 nitrogen and oxygen atoms in total. The number of hydrogen-bond donors (Lipinski definition) is 1. The van der Waals surface area contributed by atoms with Crippen molar-refractivity contribution in [2.75, 3.05) is 13.6 Å². The lowest BCUT2D eigenvalue weighted by Gasteiger charge is -2.27. The van der Waals surface area contributed by atoms with E-state index in [-0.39, 0.29) is 0 Å². The fraction of sp³-hybridized carbons (Fsp3) is 0.600. The lowest BCUT2D eigenvalue weighted by Crippen LogP contribution is -2.32. The Morgan fingerprint density at radius 3 is 2.50 bits per heavy atom. The molecule has 0 aliphatic rings. The van der Waals surface area contributed by atoms with Crippen LogP contribution >= 0.6 is 15.9 Å². The van der Waals surface area contributed by atoms with Crippen LogP contribution in [0.15, 0.2) is 28.7 Å². The van der Waals surface area contributed by atoms with Gasteiger partial charge in [0, 0.05) is 16.6 Å². The molecular weight excluding hydrogens is 288 g/mol. The number of nitrogens with zero attached hydrogens (tertiary/aromatic N) is 1. The normalized spacial score (nSPS) is 15.1. The van der Waals surface area contributed by atoms with Gasteiger partial charge in [0.05, 0.1) is 0 Å². The van der Waals surface area contributed by atoms with E-state index in [0.717, 1.165) is 17.4 Å². The highest BCUT2D eigenvalue weighted by molar-refractivity contribution is 9.10. The topological polar surface area (TPSA) is 29.3 Å². The Morgan fingerprint density at radius 1 is 1.28 bits per heavy atom. The summed E-state index contributed by atoms with van der Waals surface area (Å²) in [6.45, 7) is 7.64. The third-order valence-electron chi connectivity index (χ3n) is 3.66. The van der Waals surface area contributed by atoms with Gasteiger partial charge in [0.25, 0.3) is 0 Å². The minimum Gasteiger partial charge on any atom is -0.327 e. The average molecular weight is 313 g/mol. The lowest BCUT2D eigenvalue weighted by atomic mass is 10.0. The van der Waals surface area contributed by atoms with Crippen molar-refractivity contribution in [1.82, 2.24) is 4.90 Å². The van der Waals surface area contributed by atoms with Crippen molar-refractivity contribution in [2.45, 2.75) is 39.3 Å². The zero-order valence-corrected chi connectivity index (χ0v) is 13.4. The maximum absolute atomic E-state index is 6.09. The monoisotopic (exact) mass is 312 g/mol. The highest BCUT2D eigenvalue weighted by atomic mass is 79.9. The van der Waals surface area contributed by atoms with Crippen LogP contribution in [-0.4, -0.2) is 24.5 Å². The molecule has 0 saturated carbocycles. The molecule has 0 aliphatic heterocycles. The SMILES string of the molecule is CC(C)C(N)CCN(C)C(C)c1cccc(Br)c1. The first kappa shape index (κ1) is 15.7. The van der Waals surface area contributed by atoms with E-state index in [1.807, 2.05) is 0 Å². The molecular formula is C15H25BrN2. The van der Waals surface area contributed by atoms with Gasteiger partial charge in [-0.2, -0.15) is 0 Å². The smallest absolute Gasteiger partial charge is 0.0317 e. The van der Waals surface area contributed by atoms with E-state index >= 15 is 0 Å². The van der Waals surface area contributed by atoms with Crippen LogP contribution in [0.1, 0.15) is 38.8 Å². The summed E-state index contributed by atoms with van der Waals surface area (Å²) < 4.78 is 1.14. The number of benzene rings is 1. The third kappa shape index (κ3) is 4.71. The summed E-state index contributed by atoms with van der Waals surface area (Å²) in [6, 6.07) is 9.22. The minimum atomic E-state index is 0.294. The Balaban J connectivity index is 2.53. The molecule has 2 unspecified atom stereocenters. The van der Waals surface area contributed by atoms with Crippen molar-refractivity contribution >= 4 is 15.9 Å². The van der Waals surface area contributed by atoms with E-state index in [2.05, 4.69) is 72.9 Å². The molecule has 2 atom stereocenters. The van der Waals surface area contributed by atoms with Crippen molar-refractivity contribution in [3.63, 3.8) is 0 Å². The molecule has 0 heterocycles. The maximum Gasteiger partial charge on any atom is 0.0317 e. The molecule has 1 aromatic carbocycles. The molecule has 18 heavy (non-hydrogen) atoms. The van der Waals surface area contributed by atoms with E-state index < -0.39 is 0 Å². The van der Waals surface area contributed by atoms with Crippen LogP contribution in [0, 0.1) is 5.92 Å². The van der Waals surface area contributed by atoms with E-state index in [4.69, 9.17) is 5.73 Å². The summed E-state index contributed by atoms with van der Waals surface area (Å²) >= 11 is 3.52. The molecule has 0 aromatic heterocycles. The fourth-order valence-corrected chi connectivity index (χ4v) is 2.32. The fourth-order valence-electron chi connectivity index (χ4n) is 1.90. The summed E-state index contributed by atoms with van der Waals surface area (Å²) in [7, 11) is 2.17. The minimum absolute atomic E-state index is 0.294. The van der Waals surface area contributed by atoms with E-state index in [0.29, 0.717) is 18.0 Å². The third-order valence-corrected chi connectivity index (χ3v) is 4.16. The molecule has 0 spiro atoms. The Morgan fingerprint density at radius 2 is 1.94 bits per heavy atom. The lowest BCUT2D eigenvalue weighted by molar-refractivity contribution is 0.243. The average Bonchev–Trinajstić information content (AvgIpc) is 2.34. The molecule has 0 fully saturated rings.